The van der Waals surface area contributed by atoms with E-state index < -0.39 is 10.0 Å². The topological polar surface area (TPSA) is 111 Å². The summed E-state index contributed by atoms with van der Waals surface area (Å²) in [4.78, 5) is 11.8. The molecule has 1 atom stereocenters. The lowest BCUT2D eigenvalue weighted by Crippen LogP contribution is -2.26. The van der Waals surface area contributed by atoms with Crippen LogP contribution in [0.3, 0.4) is 0 Å². The Kier molecular flexibility index (Phi) is 6.59. The highest BCUT2D eigenvalue weighted by Crippen LogP contribution is 2.18. The van der Waals surface area contributed by atoms with Gasteiger partial charge in [0.2, 0.25) is 15.9 Å². The van der Waals surface area contributed by atoms with Crippen LogP contribution >= 0.6 is 0 Å². The maximum atomic E-state index is 12.3. The minimum absolute atomic E-state index is 0.172. The lowest BCUT2D eigenvalue weighted by Gasteiger charge is -2.11. The average molecular weight is 377 g/mol. The van der Waals surface area contributed by atoms with Gasteiger partial charge in [-0.1, -0.05) is 19.1 Å². The second kappa shape index (κ2) is 8.68. The number of sulfonamides is 1. The molecule has 1 amide bonds. The Hall–Kier alpha value is -2.58. The molecule has 2 rings (SSSR count). The molecule has 0 fully saturated rings. The van der Waals surface area contributed by atoms with Gasteiger partial charge in [0.15, 0.2) is 0 Å². The maximum absolute atomic E-state index is 12.3. The lowest BCUT2D eigenvalue weighted by molar-refractivity contribution is -0.119. The molecule has 0 aromatic heterocycles. The van der Waals surface area contributed by atoms with E-state index in [4.69, 9.17) is 10.5 Å². The first-order chi connectivity index (χ1) is 12.3. The van der Waals surface area contributed by atoms with Gasteiger partial charge in [-0.25, -0.2) is 8.42 Å². The van der Waals surface area contributed by atoms with Crippen LogP contribution < -0.4 is 20.5 Å². The Morgan fingerprint density at radius 3 is 2.19 bits per heavy atom. The average Bonchev–Trinajstić information content (AvgIpc) is 2.62. The maximum Gasteiger partial charge on any atom is 0.236 e. The number of hydrogen-bond acceptors (Lipinski definition) is 5. The fraction of sp³-hybridized carbons (Fsp3) is 0.278. The predicted molar refractivity (Wildman–Crippen MR) is 103 cm³/mol. The minimum atomic E-state index is -3.56. The summed E-state index contributed by atoms with van der Waals surface area (Å²) in [5, 5.41) is 2.74. The molecule has 1 unspecified atom stereocenters. The number of methoxy groups -OCH3 is 1. The number of nitrogens with two attached hydrogens (primary N) is 1. The summed E-state index contributed by atoms with van der Waals surface area (Å²) in [5.41, 5.74) is 7.13. The van der Waals surface area contributed by atoms with Crippen LogP contribution in [-0.2, 0) is 20.6 Å². The summed E-state index contributed by atoms with van der Waals surface area (Å²) in [7, 11) is -2.01. The van der Waals surface area contributed by atoms with Crippen molar-refractivity contribution < 1.29 is 17.9 Å². The van der Waals surface area contributed by atoms with Gasteiger partial charge in [-0.15, -0.1) is 0 Å². The van der Waals surface area contributed by atoms with Crippen LogP contribution in [0.5, 0.6) is 5.75 Å². The monoisotopic (exact) mass is 377 g/mol. The van der Waals surface area contributed by atoms with Crippen molar-refractivity contribution in [2.75, 3.05) is 23.7 Å². The summed E-state index contributed by atoms with van der Waals surface area (Å²) in [6.07, 6.45) is 0. The zero-order valence-corrected chi connectivity index (χ0v) is 15.5. The number of ether oxygens (including phenoxy) is 1. The molecule has 0 aliphatic rings. The molecule has 0 bridgehead atoms. The van der Waals surface area contributed by atoms with Crippen LogP contribution in [0, 0.1) is 5.92 Å². The van der Waals surface area contributed by atoms with Crippen molar-refractivity contribution in [2.24, 2.45) is 11.7 Å². The zero-order chi connectivity index (χ0) is 19.2. The highest BCUT2D eigenvalue weighted by molar-refractivity contribution is 7.91. The Bertz CT molecular complexity index is 834. The van der Waals surface area contributed by atoms with E-state index in [1.54, 1.807) is 62.6 Å². The number of carbonyl (C=O) groups excluding carboxylic acids is 1. The van der Waals surface area contributed by atoms with Crippen molar-refractivity contribution in [3.8, 4) is 5.75 Å². The molecule has 0 radical (unpaired) electrons. The molecule has 0 aliphatic heterocycles. The number of benzene rings is 2. The molecular weight excluding hydrogens is 354 g/mol. The number of hydrogen-bond donors (Lipinski definition) is 3. The molecule has 0 spiro atoms. The van der Waals surface area contributed by atoms with Crippen LogP contribution in [0.4, 0.5) is 11.4 Å². The summed E-state index contributed by atoms with van der Waals surface area (Å²) in [6.45, 7) is 2.00. The largest absolute Gasteiger partial charge is 0.497 e. The van der Waals surface area contributed by atoms with Crippen molar-refractivity contribution in [1.29, 1.82) is 0 Å². The van der Waals surface area contributed by atoms with E-state index in [1.807, 2.05) is 0 Å². The first-order valence-electron chi connectivity index (χ1n) is 8.07. The standard InChI is InChI=1S/C18H23N3O4S/c1-13(11-19)18(22)20-15-5-3-14(4-6-15)12-26(23,24)21-16-7-9-17(25-2)10-8-16/h3-10,13,21H,11-12,19H2,1-2H3,(H,20,22). The van der Waals surface area contributed by atoms with Crippen LogP contribution in [0.15, 0.2) is 48.5 Å². The van der Waals surface area contributed by atoms with Gasteiger partial charge in [0.1, 0.15) is 5.75 Å². The second-order valence-corrected chi connectivity index (χ2v) is 7.63. The number of anilines is 2. The molecule has 0 saturated heterocycles. The molecule has 140 valence electrons. The van der Waals surface area contributed by atoms with E-state index in [-0.39, 0.29) is 24.1 Å². The molecule has 8 heteroatoms. The van der Waals surface area contributed by atoms with Gasteiger partial charge in [-0.2, -0.15) is 0 Å². The molecular formula is C18H23N3O4S. The van der Waals surface area contributed by atoms with Crippen molar-refractivity contribution in [3.63, 3.8) is 0 Å². The third-order valence-corrected chi connectivity index (χ3v) is 5.00. The van der Waals surface area contributed by atoms with E-state index in [9.17, 15) is 13.2 Å². The first-order valence-corrected chi connectivity index (χ1v) is 9.72. The van der Waals surface area contributed by atoms with Crippen molar-refractivity contribution in [3.05, 3.63) is 54.1 Å². The second-order valence-electron chi connectivity index (χ2n) is 5.91. The van der Waals surface area contributed by atoms with Crippen molar-refractivity contribution in [1.82, 2.24) is 0 Å². The van der Waals surface area contributed by atoms with Gasteiger partial charge >= 0.3 is 0 Å². The lowest BCUT2D eigenvalue weighted by atomic mass is 10.1. The third-order valence-electron chi connectivity index (χ3n) is 3.74. The quantitative estimate of drug-likeness (QED) is 0.653. The van der Waals surface area contributed by atoms with Gasteiger partial charge in [0, 0.05) is 23.8 Å². The predicted octanol–water partition coefficient (Wildman–Crippen LogP) is 2.17. The molecule has 7 nitrogen and oxygen atoms in total. The van der Waals surface area contributed by atoms with Crippen LogP contribution in [0.25, 0.3) is 0 Å². The fourth-order valence-electron chi connectivity index (χ4n) is 2.15. The summed E-state index contributed by atoms with van der Waals surface area (Å²) < 4.78 is 32.1. The Balaban J connectivity index is 1.99. The number of carbonyl (C=O) groups is 1. The highest BCUT2D eigenvalue weighted by Gasteiger charge is 2.13. The van der Waals surface area contributed by atoms with E-state index in [0.717, 1.165) is 0 Å². The Morgan fingerprint density at radius 1 is 1.08 bits per heavy atom. The van der Waals surface area contributed by atoms with Gasteiger partial charge in [0.25, 0.3) is 0 Å². The SMILES string of the molecule is COc1ccc(NS(=O)(=O)Cc2ccc(NC(=O)C(C)CN)cc2)cc1. The van der Waals surface area contributed by atoms with Gasteiger partial charge in [0.05, 0.1) is 12.9 Å². The van der Waals surface area contributed by atoms with Crippen molar-refractivity contribution >= 4 is 27.3 Å². The Labute approximate surface area is 153 Å². The summed E-state index contributed by atoms with van der Waals surface area (Å²) in [6, 6.07) is 13.3. The molecule has 2 aromatic rings. The number of nitrogens with one attached hydrogen (secondary N) is 2. The number of amides is 1. The van der Waals surface area contributed by atoms with E-state index in [1.165, 1.54) is 0 Å². The zero-order valence-electron chi connectivity index (χ0n) is 14.7. The smallest absolute Gasteiger partial charge is 0.236 e. The Morgan fingerprint density at radius 2 is 1.65 bits per heavy atom. The van der Waals surface area contributed by atoms with Crippen molar-refractivity contribution in [2.45, 2.75) is 12.7 Å². The normalized spacial score (nSPS) is 12.3. The highest BCUT2D eigenvalue weighted by atomic mass is 32.2. The van der Waals surface area contributed by atoms with E-state index in [0.29, 0.717) is 22.7 Å². The van der Waals surface area contributed by atoms with Gasteiger partial charge in [-0.05, 0) is 42.0 Å². The van der Waals surface area contributed by atoms with Crippen LogP contribution in [0.2, 0.25) is 0 Å². The van der Waals surface area contributed by atoms with Gasteiger partial charge < -0.3 is 15.8 Å². The molecule has 0 heterocycles. The van der Waals surface area contributed by atoms with E-state index in [2.05, 4.69) is 10.0 Å². The molecule has 2 aromatic carbocycles. The van der Waals surface area contributed by atoms with Crippen LogP contribution in [0.1, 0.15) is 12.5 Å². The molecule has 4 N–H and O–H groups in total. The minimum Gasteiger partial charge on any atom is -0.497 e. The fourth-order valence-corrected chi connectivity index (χ4v) is 3.35. The van der Waals surface area contributed by atoms with E-state index >= 15 is 0 Å². The van der Waals surface area contributed by atoms with Gasteiger partial charge in [-0.3, -0.25) is 9.52 Å². The molecule has 0 aliphatic carbocycles. The molecule has 0 saturated carbocycles. The number of rotatable bonds is 8. The molecule has 26 heavy (non-hydrogen) atoms. The summed E-state index contributed by atoms with van der Waals surface area (Å²) in [5.74, 6) is 0.0132. The first kappa shape index (κ1) is 19.7. The summed E-state index contributed by atoms with van der Waals surface area (Å²) >= 11 is 0. The third kappa shape index (κ3) is 5.75. The van der Waals surface area contributed by atoms with Crippen LogP contribution in [-0.4, -0.2) is 28.0 Å².